The van der Waals surface area contributed by atoms with Crippen LogP contribution in [0.2, 0.25) is 0 Å². The zero-order valence-corrected chi connectivity index (χ0v) is 17.7. The highest BCUT2D eigenvalue weighted by Crippen LogP contribution is 2.40. The maximum Gasteiger partial charge on any atom is 0.417 e. The zero-order chi connectivity index (χ0) is 22.8. The van der Waals surface area contributed by atoms with Gasteiger partial charge in [0.2, 0.25) is 11.8 Å². The van der Waals surface area contributed by atoms with E-state index in [1.54, 1.807) is 13.1 Å². The topological polar surface area (TPSA) is 76.4 Å². The predicted octanol–water partition coefficient (Wildman–Crippen LogP) is 3.02. The average molecular weight is 436 g/mol. The second-order valence-corrected chi connectivity index (χ2v) is 8.20. The Morgan fingerprint density at radius 1 is 1.23 bits per heavy atom. The molecule has 1 aromatic carbocycles. The van der Waals surface area contributed by atoms with Gasteiger partial charge in [-0.2, -0.15) is 18.4 Å². The molecule has 6 nitrogen and oxygen atoms in total. The Labute approximate surface area is 180 Å². The summed E-state index contributed by atoms with van der Waals surface area (Å²) < 4.78 is 40.2. The number of rotatable bonds is 4. The highest BCUT2D eigenvalue weighted by Gasteiger charge is 2.43. The molecule has 0 saturated carbocycles. The SMILES string of the molecule is CCC(=O)N1CCC([C@@H]2CN(c3ccc(C#N)c(C(F)(F)F)c3)C[C@H]2C(=O)NC)CC1. The summed E-state index contributed by atoms with van der Waals surface area (Å²) in [5.41, 5.74) is -1.01. The Bertz CT molecular complexity index is 872. The number of nitrogens with zero attached hydrogens (tertiary/aromatic N) is 3. The molecule has 2 aliphatic rings. The van der Waals surface area contributed by atoms with Crippen molar-refractivity contribution < 1.29 is 22.8 Å². The molecule has 2 atom stereocenters. The number of alkyl halides is 3. The number of carbonyl (C=O) groups is 2. The van der Waals surface area contributed by atoms with Gasteiger partial charge in [-0.3, -0.25) is 9.59 Å². The second-order valence-electron chi connectivity index (χ2n) is 8.20. The molecule has 2 aliphatic heterocycles. The Kier molecular flexibility index (Phi) is 6.77. The third-order valence-electron chi connectivity index (χ3n) is 6.54. The minimum atomic E-state index is -4.63. The molecule has 2 saturated heterocycles. The molecule has 9 heteroatoms. The summed E-state index contributed by atoms with van der Waals surface area (Å²) in [5, 5.41) is 11.7. The van der Waals surface area contributed by atoms with Gasteiger partial charge < -0.3 is 15.1 Å². The van der Waals surface area contributed by atoms with Crippen LogP contribution in [-0.2, 0) is 15.8 Å². The van der Waals surface area contributed by atoms with E-state index in [4.69, 9.17) is 5.26 Å². The van der Waals surface area contributed by atoms with E-state index in [0.717, 1.165) is 18.9 Å². The highest BCUT2D eigenvalue weighted by molar-refractivity contribution is 5.80. The summed E-state index contributed by atoms with van der Waals surface area (Å²) in [7, 11) is 1.56. The molecule has 0 bridgehead atoms. The molecule has 2 heterocycles. The van der Waals surface area contributed by atoms with Crippen LogP contribution in [0.1, 0.15) is 37.3 Å². The zero-order valence-electron chi connectivity index (χ0n) is 17.7. The number of nitriles is 1. The lowest BCUT2D eigenvalue weighted by Gasteiger charge is -2.36. The fourth-order valence-corrected chi connectivity index (χ4v) is 4.84. The van der Waals surface area contributed by atoms with Crippen LogP contribution in [0.15, 0.2) is 18.2 Å². The van der Waals surface area contributed by atoms with Crippen LogP contribution in [0.5, 0.6) is 0 Å². The van der Waals surface area contributed by atoms with E-state index < -0.39 is 17.3 Å². The van der Waals surface area contributed by atoms with Crippen LogP contribution in [-0.4, -0.2) is 49.9 Å². The lowest BCUT2D eigenvalue weighted by atomic mass is 9.78. The lowest BCUT2D eigenvalue weighted by Crippen LogP contribution is -2.42. The smallest absolute Gasteiger partial charge is 0.370 e. The van der Waals surface area contributed by atoms with Gasteiger partial charge in [-0.1, -0.05) is 6.92 Å². The Hall–Kier alpha value is -2.76. The van der Waals surface area contributed by atoms with Crippen molar-refractivity contribution in [2.24, 2.45) is 17.8 Å². The quantitative estimate of drug-likeness (QED) is 0.787. The number of anilines is 1. The van der Waals surface area contributed by atoms with Crippen LogP contribution in [0.3, 0.4) is 0 Å². The number of amides is 2. The summed E-state index contributed by atoms with van der Waals surface area (Å²) in [5.74, 6) is -0.137. The first-order valence-corrected chi connectivity index (χ1v) is 10.5. The maximum atomic E-state index is 13.4. The number of halogens is 3. The van der Waals surface area contributed by atoms with Crippen molar-refractivity contribution >= 4 is 17.5 Å². The first-order chi connectivity index (χ1) is 14.7. The van der Waals surface area contributed by atoms with Gasteiger partial charge in [0, 0.05) is 45.3 Å². The number of piperidine rings is 1. The van der Waals surface area contributed by atoms with E-state index in [2.05, 4.69) is 5.32 Å². The maximum absolute atomic E-state index is 13.4. The number of likely N-dealkylation sites (tertiary alicyclic amines) is 1. The van der Waals surface area contributed by atoms with Gasteiger partial charge in [0.1, 0.15) is 0 Å². The molecule has 31 heavy (non-hydrogen) atoms. The van der Waals surface area contributed by atoms with Crippen molar-refractivity contribution in [3.8, 4) is 6.07 Å². The molecule has 168 valence electrons. The molecule has 2 amide bonds. The van der Waals surface area contributed by atoms with Gasteiger partial charge in [-0.25, -0.2) is 0 Å². The van der Waals surface area contributed by atoms with E-state index in [1.807, 2.05) is 16.7 Å². The largest absolute Gasteiger partial charge is 0.417 e. The van der Waals surface area contributed by atoms with Crippen molar-refractivity contribution in [2.45, 2.75) is 32.4 Å². The number of hydrogen-bond donors (Lipinski definition) is 1. The molecular weight excluding hydrogens is 409 g/mol. The van der Waals surface area contributed by atoms with E-state index in [0.29, 0.717) is 38.3 Å². The first-order valence-electron chi connectivity index (χ1n) is 10.5. The van der Waals surface area contributed by atoms with Gasteiger partial charge in [-0.05, 0) is 42.9 Å². The Morgan fingerprint density at radius 3 is 2.45 bits per heavy atom. The number of carbonyl (C=O) groups excluding carboxylic acids is 2. The van der Waals surface area contributed by atoms with E-state index >= 15 is 0 Å². The lowest BCUT2D eigenvalue weighted by molar-refractivity contribution is -0.137. The molecule has 3 rings (SSSR count). The minimum Gasteiger partial charge on any atom is -0.370 e. The average Bonchev–Trinajstić information content (AvgIpc) is 3.22. The molecule has 0 aromatic heterocycles. The number of benzene rings is 1. The van der Waals surface area contributed by atoms with Crippen molar-refractivity contribution in [3.63, 3.8) is 0 Å². The molecule has 1 aromatic rings. The fraction of sp³-hybridized carbons (Fsp3) is 0.591. The Balaban J connectivity index is 1.82. The molecule has 0 unspecified atom stereocenters. The van der Waals surface area contributed by atoms with Crippen molar-refractivity contribution in [3.05, 3.63) is 29.3 Å². The molecule has 1 N–H and O–H groups in total. The monoisotopic (exact) mass is 436 g/mol. The fourth-order valence-electron chi connectivity index (χ4n) is 4.84. The van der Waals surface area contributed by atoms with Crippen molar-refractivity contribution in [2.75, 3.05) is 38.1 Å². The summed E-state index contributed by atoms with van der Waals surface area (Å²) in [6.07, 6.45) is -2.61. The third kappa shape index (κ3) is 4.78. The van der Waals surface area contributed by atoms with Crippen LogP contribution < -0.4 is 10.2 Å². The number of nitrogens with one attached hydrogen (secondary N) is 1. The van der Waals surface area contributed by atoms with Crippen LogP contribution >= 0.6 is 0 Å². The van der Waals surface area contributed by atoms with Gasteiger partial charge >= 0.3 is 6.18 Å². The molecule has 0 aliphatic carbocycles. The van der Waals surface area contributed by atoms with Gasteiger partial charge in [0.05, 0.1) is 23.1 Å². The standard InChI is InChI=1S/C22H27F3N4O2/c1-3-20(30)28-8-6-14(7-9-28)17-12-29(13-18(17)21(31)27-2)16-5-4-15(11-26)19(10-16)22(23,24)25/h4-5,10,14,17-18H,3,6-9,12-13H2,1-2H3,(H,27,31)/t17-,18+/m0/s1. The Morgan fingerprint density at radius 2 is 1.90 bits per heavy atom. The summed E-state index contributed by atoms with van der Waals surface area (Å²) >= 11 is 0. The van der Waals surface area contributed by atoms with E-state index in [9.17, 15) is 22.8 Å². The third-order valence-corrected chi connectivity index (χ3v) is 6.54. The molecular formula is C22H27F3N4O2. The van der Waals surface area contributed by atoms with Gasteiger partial charge in [-0.15, -0.1) is 0 Å². The highest BCUT2D eigenvalue weighted by atomic mass is 19.4. The summed E-state index contributed by atoms with van der Waals surface area (Å²) in [6.45, 7) is 3.90. The molecule has 2 fully saturated rings. The predicted molar refractivity (Wildman–Crippen MR) is 109 cm³/mol. The molecule has 0 spiro atoms. The normalized spacial score (nSPS) is 22.3. The van der Waals surface area contributed by atoms with Crippen LogP contribution in [0, 0.1) is 29.1 Å². The van der Waals surface area contributed by atoms with Gasteiger partial charge in [0.25, 0.3) is 0 Å². The van der Waals surface area contributed by atoms with Gasteiger partial charge in [0.15, 0.2) is 0 Å². The molecule has 0 radical (unpaired) electrons. The van der Waals surface area contributed by atoms with Crippen molar-refractivity contribution in [1.82, 2.24) is 10.2 Å². The van der Waals surface area contributed by atoms with E-state index in [-0.39, 0.29) is 29.6 Å². The summed E-state index contributed by atoms with van der Waals surface area (Å²) in [4.78, 5) is 28.2. The van der Waals surface area contributed by atoms with Crippen LogP contribution in [0.25, 0.3) is 0 Å². The van der Waals surface area contributed by atoms with Crippen molar-refractivity contribution in [1.29, 1.82) is 5.26 Å². The number of hydrogen-bond acceptors (Lipinski definition) is 4. The first kappa shape index (κ1) is 22.9. The van der Waals surface area contributed by atoms with E-state index in [1.165, 1.54) is 12.1 Å². The second kappa shape index (κ2) is 9.16. The summed E-state index contributed by atoms with van der Waals surface area (Å²) in [6, 6.07) is 5.31. The van der Waals surface area contributed by atoms with Crippen LogP contribution in [0.4, 0.5) is 18.9 Å². The minimum absolute atomic E-state index is 0.0104.